The normalized spacial score (nSPS) is 13.5. The molecule has 0 saturated carbocycles. The Kier molecular flexibility index (Phi) is 43.0. The smallest absolute Gasteiger partial charge is 0.361 e. The highest BCUT2D eigenvalue weighted by molar-refractivity contribution is 5.71. The number of unbranched alkanes of at least 4 members (excludes halogenated alkanes) is 18. The first-order chi connectivity index (χ1) is 30.6. The van der Waals surface area contributed by atoms with Gasteiger partial charge in [0.1, 0.15) is 13.2 Å². The van der Waals surface area contributed by atoms with E-state index in [4.69, 9.17) is 18.9 Å². The lowest BCUT2D eigenvalue weighted by Crippen LogP contribution is -2.40. The van der Waals surface area contributed by atoms with Crippen LogP contribution in [0.3, 0.4) is 0 Å². The van der Waals surface area contributed by atoms with Gasteiger partial charge in [-0.1, -0.05) is 170 Å². The third-order valence-corrected chi connectivity index (χ3v) is 10.4. The number of carbonyl (C=O) groups excluding carboxylic acids is 2. The van der Waals surface area contributed by atoms with E-state index in [1.165, 1.54) is 70.6 Å². The number of aliphatic carboxylic acids is 1. The van der Waals surface area contributed by atoms with Gasteiger partial charge in [0.25, 0.3) is 6.29 Å². The number of nitrogens with zero attached hydrogens (tertiary/aromatic N) is 1. The molecular weight excluding hydrogens is 791 g/mol. The summed E-state index contributed by atoms with van der Waals surface area (Å²) in [5.74, 6) is -2.04. The maximum Gasteiger partial charge on any atom is 0.361 e. The number of likely N-dealkylation sites (N-methyl/N-ethyl adjacent to an activating group) is 1. The largest absolute Gasteiger partial charge is 0.477 e. The Balaban J connectivity index is 4.40. The van der Waals surface area contributed by atoms with Crippen LogP contribution in [-0.4, -0.2) is 87.4 Å². The molecule has 0 amide bonds. The Bertz CT molecular complexity index is 1260. The van der Waals surface area contributed by atoms with Crippen molar-refractivity contribution in [3.8, 4) is 0 Å². The molecule has 9 heteroatoms. The molecule has 0 spiro atoms. The highest BCUT2D eigenvalue weighted by Gasteiger charge is 2.25. The van der Waals surface area contributed by atoms with Crippen LogP contribution in [0.25, 0.3) is 0 Å². The Morgan fingerprint density at radius 3 is 1.35 bits per heavy atom. The molecule has 0 heterocycles. The topological polar surface area (TPSA) is 108 Å². The van der Waals surface area contributed by atoms with Gasteiger partial charge in [0.15, 0.2) is 6.10 Å². The third kappa shape index (κ3) is 46.5. The number of hydrogen-bond donors (Lipinski definition) is 1. The predicted molar refractivity (Wildman–Crippen MR) is 263 cm³/mol. The fraction of sp³-hybridized carbons (Fsp3) is 0.722. The number of carboxylic acids is 1. The molecule has 0 aromatic heterocycles. The quantitative estimate of drug-likeness (QED) is 0.0212. The molecule has 0 aromatic rings. The van der Waals surface area contributed by atoms with E-state index in [9.17, 15) is 19.5 Å². The lowest BCUT2D eigenvalue weighted by atomic mass is 10.1. The standard InChI is InChI=1S/C54H93NO8/c1-6-8-10-12-14-16-18-20-22-24-26-28-30-32-34-36-38-40-42-44-51(56)61-48-50(49-62-54(53(58)59)60-47-46-55(3,4)5)63-52(57)45-43-41-39-37-35-33-31-29-27-25-23-21-19-17-15-13-11-9-7-2/h9,11,14-17,20-23,27,29,50,54H,6-8,10,12-13,18-19,24-26,28,30-49H2,1-5H3/p+1/b11-9-,16-14-,17-15-,22-20-,23-21-,29-27-. The molecular formula is C54H94NO8+. The van der Waals surface area contributed by atoms with Gasteiger partial charge in [-0.3, -0.25) is 9.59 Å². The van der Waals surface area contributed by atoms with Crippen molar-refractivity contribution < 1.29 is 42.9 Å². The van der Waals surface area contributed by atoms with Gasteiger partial charge in [-0.2, -0.15) is 0 Å². The molecule has 63 heavy (non-hydrogen) atoms. The van der Waals surface area contributed by atoms with Gasteiger partial charge >= 0.3 is 17.9 Å². The second-order valence-electron chi connectivity index (χ2n) is 17.7. The van der Waals surface area contributed by atoms with Crippen LogP contribution in [0.5, 0.6) is 0 Å². The molecule has 2 unspecified atom stereocenters. The van der Waals surface area contributed by atoms with Gasteiger partial charge in [-0.05, 0) is 83.5 Å². The van der Waals surface area contributed by atoms with Crippen LogP contribution in [0, 0.1) is 0 Å². The third-order valence-electron chi connectivity index (χ3n) is 10.4. The molecule has 0 rings (SSSR count). The van der Waals surface area contributed by atoms with Crippen molar-refractivity contribution in [1.82, 2.24) is 0 Å². The molecule has 0 saturated heterocycles. The molecule has 0 bridgehead atoms. The molecule has 362 valence electrons. The van der Waals surface area contributed by atoms with Crippen molar-refractivity contribution in [2.24, 2.45) is 0 Å². The van der Waals surface area contributed by atoms with Crippen LogP contribution in [0.2, 0.25) is 0 Å². The van der Waals surface area contributed by atoms with Crippen molar-refractivity contribution in [3.05, 3.63) is 72.9 Å². The van der Waals surface area contributed by atoms with Crippen LogP contribution in [0.15, 0.2) is 72.9 Å². The zero-order valence-electron chi connectivity index (χ0n) is 41.0. The molecule has 0 aliphatic heterocycles. The average molecular weight is 885 g/mol. The van der Waals surface area contributed by atoms with E-state index < -0.39 is 24.3 Å². The SMILES string of the molecule is CC/C=C\C/C=C\C/C=C\C/C=C\CCCCCCCCC(=O)OC(COC(=O)CCCCCCCCCCC/C=C\C/C=C\CCCCC)COC(OCC[N+](C)(C)C)C(=O)O. The number of esters is 2. The monoisotopic (exact) mass is 885 g/mol. The fourth-order valence-electron chi connectivity index (χ4n) is 6.56. The fourth-order valence-corrected chi connectivity index (χ4v) is 6.56. The van der Waals surface area contributed by atoms with E-state index in [0.29, 0.717) is 23.9 Å². The van der Waals surface area contributed by atoms with Gasteiger partial charge in [0.05, 0.1) is 34.4 Å². The van der Waals surface area contributed by atoms with E-state index in [-0.39, 0.29) is 32.2 Å². The summed E-state index contributed by atoms with van der Waals surface area (Å²) in [6, 6.07) is 0. The zero-order chi connectivity index (χ0) is 46.3. The van der Waals surface area contributed by atoms with Gasteiger partial charge in [-0.25, -0.2) is 4.79 Å². The van der Waals surface area contributed by atoms with E-state index in [2.05, 4.69) is 86.8 Å². The molecule has 9 nitrogen and oxygen atoms in total. The second kappa shape index (κ2) is 45.3. The summed E-state index contributed by atoms with van der Waals surface area (Å²) in [7, 11) is 5.95. The van der Waals surface area contributed by atoms with E-state index >= 15 is 0 Å². The first kappa shape index (κ1) is 59.7. The number of carbonyl (C=O) groups is 3. The van der Waals surface area contributed by atoms with Crippen molar-refractivity contribution in [2.45, 2.75) is 206 Å². The minimum absolute atomic E-state index is 0.180. The van der Waals surface area contributed by atoms with E-state index in [0.717, 1.165) is 89.9 Å². The zero-order valence-corrected chi connectivity index (χ0v) is 41.0. The van der Waals surface area contributed by atoms with Crippen LogP contribution in [0.4, 0.5) is 0 Å². The summed E-state index contributed by atoms with van der Waals surface area (Å²) in [6.07, 6.45) is 53.8. The van der Waals surface area contributed by atoms with E-state index in [1.54, 1.807) is 0 Å². The van der Waals surface area contributed by atoms with Crippen molar-refractivity contribution in [1.29, 1.82) is 0 Å². The number of rotatable bonds is 45. The molecule has 2 atom stereocenters. The Hall–Kier alpha value is -3.27. The lowest BCUT2D eigenvalue weighted by Gasteiger charge is -2.25. The molecule has 1 N–H and O–H groups in total. The first-order valence-corrected chi connectivity index (χ1v) is 25.1. The number of ether oxygens (including phenoxy) is 4. The summed E-state index contributed by atoms with van der Waals surface area (Å²) in [5, 5.41) is 9.67. The molecule has 0 aliphatic carbocycles. The molecule has 0 aromatic carbocycles. The van der Waals surface area contributed by atoms with Crippen molar-refractivity contribution in [2.75, 3.05) is 47.5 Å². The van der Waals surface area contributed by atoms with Crippen molar-refractivity contribution in [3.63, 3.8) is 0 Å². The number of carboxylic acid groups (broad SMARTS) is 1. The molecule has 0 radical (unpaired) electrons. The highest BCUT2D eigenvalue weighted by Crippen LogP contribution is 2.14. The minimum atomic E-state index is -1.52. The predicted octanol–water partition coefficient (Wildman–Crippen LogP) is 13.9. The average Bonchev–Trinajstić information content (AvgIpc) is 3.24. The summed E-state index contributed by atoms with van der Waals surface area (Å²) in [6.45, 7) is 4.71. The number of quaternary nitrogens is 1. The first-order valence-electron chi connectivity index (χ1n) is 25.1. The van der Waals surface area contributed by atoms with Gasteiger partial charge in [0.2, 0.25) is 0 Å². The van der Waals surface area contributed by atoms with Gasteiger partial charge < -0.3 is 28.5 Å². The van der Waals surface area contributed by atoms with Gasteiger partial charge in [0, 0.05) is 12.8 Å². The maximum atomic E-state index is 12.8. The Morgan fingerprint density at radius 1 is 0.492 bits per heavy atom. The van der Waals surface area contributed by atoms with Crippen molar-refractivity contribution >= 4 is 17.9 Å². The molecule has 0 fully saturated rings. The van der Waals surface area contributed by atoms with Crippen LogP contribution in [0.1, 0.15) is 194 Å². The number of hydrogen-bond acceptors (Lipinski definition) is 7. The molecule has 0 aliphatic rings. The maximum absolute atomic E-state index is 12.8. The van der Waals surface area contributed by atoms with Gasteiger partial charge in [-0.15, -0.1) is 0 Å². The van der Waals surface area contributed by atoms with Crippen LogP contribution >= 0.6 is 0 Å². The summed E-state index contributed by atoms with van der Waals surface area (Å²) in [4.78, 5) is 37.3. The van der Waals surface area contributed by atoms with E-state index in [1.807, 2.05) is 21.1 Å². The lowest BCUT2D eigenvalue weighted by molar-refractivity contribution is -0.870. The summed E-state index contributed by atoms with van der Waals surface area (Å²) in [5.41, 5.74) is 0. The summed E-state index contributed by atoms with van der Waals surface area (Å²) >= 11 is 0. The highest BCUT2D eigenvalue weighted by atomic mass is 16.7. The Labute approximate surface area is 386 Å². The number of allylic oxidation sites excluding steroid dienone is 12. The minimum Gasteiger partial charge on any atom is -0.477 e. The van der Waals surface area contributed by atoms with Crippen LogP contribution < -0.4 is 0 Å². The Morgan fingerprint density at radius 2 is 0.905 bits per heavy atom. The second-order valence-corrected chi connectivity index (χ2v) is 17.7. The van der Waals surface area contributed by atoms with Crippen LogP contribution in [-0.2, 0) is 33.3 Å². The summed E-state index contributed by atoms with van der Waals surface area (Å²) < 4.78 is 22.8.